The second-order valence-corrected chi connectivity index (χ2v) is 10.1. The van der Waals surface area contributed by atoms with E-state index in [9.17, 15) is 34.2 Å². The van der Waals surface area contributed by atoms with Crippen molar-refractivity contribution in [1.82, 2.24) is 16.0 Å². The third-order valence-electron chi connectivity index (χ3n) is 6.52. The van der Waals surface area contributed by atoms with Gasteiger partial charge in [-0.2, -0.15) is 0 Å². The summed E-state index contributed by atoms with van der Waals surface area (Å²) in [6.45, 7) is 0.119. The van der Waals surface area contributed by atoms with E-state index in [0.29, 0.717) is 5.56 Å². The molecule has 15 nitrogen and oxygen atoms in total. The van der Waals surface area contributed by atoms with Gasteiger partial charge in [-0.25, -0.2) is 4.79 Å². The molecule has 0 heterocycles. The van der Waals surface area contributed by atoms with Gasteiger partial charge in [0, 0.05) is 19.4 Å². The number of nitrogens with one attached hydrogen (secondary N) is 3. The monoisotopic (exact) mass is 612 g/mol. The fourth-order valence-corrected chi connectivity index (χ4v) is 4.18. The predicted octanol–water partition coefficient (Wildman–Crippen LogP) is -1.64. The summed E-state index contributed by atoms with van der Waals surface area (Å²) in [4.78, 5) is 66.8. The summed E-state index contributed by atoms with van der Waals surface area (Å²) in [5.41, 5.74) is 23.4. The van der Waals surface area contributed by atoms with E-state index in [0.717, 1.165) is 5.56 Å². The zero-order valence-electron chi connectivity index (χ0n) is 24.1. The Morgan fingerprint density at radius 2 is 1.27 bits per heavy atom. The van der Waals surface area contributed by atoms with Gasteiger partial charge < -0.3 is 49.1 Å². The zero-order chi connectivity index (χ0) is 32.6. The number of amides is 4. The van der Waals surface area contributed by atoms with Crippen LogP contribution < -0.4 is 38.9 Å². The molecule has 2 aromatic carbocycles. The van der Waals surface area contributed by atoms with E-state index >= 15 is 0 Å². The minimum Gasteiger partial charge on any atom is -0.508 e. The number of phenols is 1. The van der Waals surface area contributed by atoms with E-state index in [-0.39, 0.29) is 56.8 Å². The van der Waals surface area contributed by atoms with Crippen molar-refractivity contribution in [3.63, 3.8) is 0 Å². The lowest BCUT2D eigenvalue weighted by Gasteiger charge is -2.25. The molecule has 13 N–H and O–H groups in total. The van der Waals surface area contributed by atoms with Gasteiger partial charge in [0.25, 0.3) is 0 Å². The van der Waals surface area contributed by atoms with E-state index in [1.54, 1.807) is 24.3 Å². The molecule has 0 radical (unpaired) electrons. The van der Waals surface area contributed by atoms with Crippen LogP contribution >= 0.6 is 0 Å². The first-order valence-corrected chi connectivity index (χ1v) is 13.9. The second-order valence-electron chi connectivity index (χ2n) is 10.1. The smallest absolute Gasteiger partial charge is 0.326 e. The molecule has 44 heavy (non-hydrogen) atoms. The molecule has 15 heteroatoms. The first kappa shape index (κ1) is 35.0. The maximum Gasteiger partial charge on any atom is 0.326 e. The minimum atomic E-state index is -1.37. The Labute approximate surface area is 254 Å². The minimum absolute atomic E-state index is 0.00388. The number of aliphatic carboxylic acids is 1. The number of carbonyl (C=O) groups excluding carboxylic acids is 4. The number of hydrogen-bond acceptors (Lipinski definition) is 8. The highest BCUT2D eigenvalue weighted by Gasteiger charge is 2.30. The van der Waals surface area contributed by atoms with Crippen molar-refractivity contribution in [2.24, 2.45) is 27.9 Å². The number of guanidine groups is 1. The SMILES string of the molecule is NC(=O)CCC(NC(=O)C(N)Cc1ccccc1)C(=O)NC(CCCN=C(N)N)C(=O)NC(Cc1ccc(O)cc1)C(=O)O. The molecule has 0 aliphatic heterocycles. The van der Waals surface area contributed by atoms with Crippen LogP contribution in [0.25, 0.3) is 0 Å². The van der Waals surface area contributed by atoms with Gasteiger partial charge in [0.15, 0.2) is 5.96 Å². The van der Waals surface area contributed by atoms with Gasteiger partial charge in [0.05, 0.1) is 6.04 Å². The Hall–Kier alpha value is -5.18. The Kier molecular flexibility index (Phi) is 14.1. The molecule has 2 rings (SSSR count). The molecule has 0 aliphatic carbocycles. The molecule has 0 spiro atoms. The van der Waals surface area contributed by atoms with Gasteiger partial charge in [-0.05, 0) is 48.9 Å². The average Bonchev–Trinajstić information content (AvgIpc) is 2.97. The average molecular weight is 613 g/mol. The van der Waals surface area contributed by atoms with E-state index < -0.39 is 53.8 Å². The molecule has 238 valence electrons. The van der Waals surface area contributed by atoms with Gasteiger partial charge in [0.1, 0.15) is 23.9 Å². The Balaban J connectivity index is 2.20. The largest absolute Gasteiger partial charge is 0.508 e. The molecule has 0 bridgehead atoms. The summed E-state index contributed by atoms with van der Waals surface area (Å²) in [7, 11) is 0. The topological polar surface area (TPSA) is 278 Å². The number of phenolic OH excluding ortho intramolecular Hbond substituents is 1. The van der Waals surface area contributed by atoms with Crippen LogP contribution in [0.15, 0.2) is 59.6 Å². The maximum atomic E-state index is 13.4. The standard InChI is InChI=1S/C29H40N8O7/c30-20(15-17-5-2-1-3-6-17)25(40)35-22(12-13-24(31)39)27(42)36-21(7-4-14-34-29(32)33)26(41)37-23(28(43)44)16-18-8-10-19(38)11-9-18/h1-3,5-6,8-11,20-23,38H,4,7,12-16,30H2,(H2,31,39)(H,35,40)(H,36,42)(H,37,41)(H,43,44)(H4,32,33,34). The molecule has 4 unspecified atom stereocenters. The summed E-state index contributed by atoms with van der Waals surface area (Å²) < 4.78 is 0. The molecule has 0 fully saturated rings. The molecular weight excluding hydrogens is 572 g/mol. The fourth-order valence-electron chi connectivity index (χ4n) is 4.18. The lowest BCUT2D eigenvalue weighted by molar-refractivity contribution is -0.142. The second kappa shape index (κ2) is 17.7. The summed E-state index contributed by atoms with van der Waals surface area (Å²) >= 11 is 0. The van der Waals surface area contributed by atoms with Crippen LogP contribution in [0.3, 0.4) is 0 Å². The molecular formula is C29H40N8O7. The van der Waals surface area contributed by atoms with E-state index in [1.165, 1.54) is 24.3 Å². The lowest BCUT2D eigenvalue weighted by Crippen LogP contribution is -2.57. The maximum absolute atomic E-state index is 13.4. The number of benzene rings is 2. The van der Waals surface area contributed by atoms with Gasteiger partial charge in [-0.1, -0.05) is 42.5 Å². The lowest BCUT2D eigenvalue weighted by atomic mass is 10.0. The molecule has 0 aliphatic rings. The number of carboxylic acids is 1. The van der Waals surface area contributed by atoms with Crippen LogP contribution in [-0.2, 0) is 36.8 Å². The first-order valence-electron chi connectivity index (χ1n) is 13.9. The van der Waals surface area contributed by atoms with Crippen LogP contribution in [0.2, 0.25) is 0 Å². The Morgan fingerprint density at radius 1 is 0.727 bits per heavy atom. The highest BCUT2D eigenvalue weighted by molar-refractivity contribution is 5.94. The van der Waals surface area contributed by atoms with Crippen LogP contribution in [0, 0.1) is 0 Å². The highest BCUT2D eigenvalue weighted by Crippen LogP contribution is 2.12. The molecule has 4 amide bonds. The normalized spacial score (nSPS) is 13.4. The number of primary amides is 1. The van der Waals surface area contributed by atoms with Crippen LogP contribution in [-0.4, -0.2) is 76.5 Å². The van der Waals surface area contributed by atoms with Crippen LogP contribution in [0.4, 0.5) is 0 Å². The van der Waals surface area contributed by atoms with Crippen molar-refractivity contribution in [2.45, 2.75) is 62.7 Å². The number of aromatic hydroxyl groups is 1. The van der Waals surface area contributed by atoms with Gasteiger partial charge >= 0.3 is 5.97 Å². The van der Waals surface area contributed by atoms with Crippen molar-refractivity contribution in [1.29, 1.82) is 0 Å². The van der Waals surface area contributed by atoms with Crippen molar-refractivity contribution >= 4 is 35.6 Å². The van der Waals surface area contributed by atoms with Crippen LogP contribution in [0.5, 0.6) is 5.75 Å². The predicted molar refractivity (Wildman–Crippen MR) is 162 cm³/mol. The highest BCUT2D eigenvalue weighted by atomic mass is 16.4. The summed E-state index contributed by atoms with van der Waals surface area (Å²) in [6.07, 6.45) is -0.111. The van der Waals surface area contributed by atoms with Crippen molar-refractivity contribution in [3.05, 3.63) is 65.7 Å². The number of nitrogens with zero attached hydrogens (tertiary/aromatic N) is 1. The summed E-state index contributed by atoms with van der Waals surface area (Å²) in [5, 5.41) is 26.7. The van der Waals surface area contributed by atoms with E-state index in [2.05, 4.69) is 20.9 Å². The number of nitrogens with two attached hydrogens (primary N) is 4. The van der Waals surface area contributed by atoms with Crippen molar-refractivity contribution in [2.75, 3.05) is 6.54 Å². The first-order chi connectivity index (χ1) is 20.8. The van der Waals surface area contributed by atoms with Gasteiger partial charge in [-0.3, -0.25) is 24.2 Å². The van der Waals surface area contributed by atoms with E-state index in [4.69, 9.17) is 22.9 Å². The van der Waals surface area contributed by atoms with E-state index in [1.807, 2.05) is 6.07 Å². The number of carbonyl (C=O) groups is 5. The third kappa shape index (κ3) is 12.8. The molecule has 2 aromatic rings. The fraction of sp³-hybridized carbons (Fsp3) is 0.379. The van der Waals surface area contributed by atoms with Crippen molar-refractivity contribution < 1.29 is 34.2 Å². The number of rotatable bonds is 18. The quantitative estimate of drug-likeness (QED) is 0.0526. The van der Waals surface area contributed by atoms with Gasteiger partial charge in [-0.15, -0.1) is 0 Å². The number of aliphatic imine (C=N–C) groups is 1. The Morgan fingerprint density at radius 3 is 1.84 bits per heavy atom. The molecule has 4 atom stereocenters. The molecule has 0 aromatic heterocycles. The summed E-state index contributed by atoms with van der Waals surface area (Å²) in [5.74, 6) is -4.49. The molecule has 0 saturated carbocycles. The zero-order valence-corrected chi connectivity index (χ0v) is 24.1. The molecule has 0 saturated heterocycles. The summed E-state index contributed by atoms with van der Waals surface area (Å²) in [6, 6.07) is 9.86. The third-order valence-corrected chi connectivity index (χ3v) is 6.52. The van der Waals surface area contributed by atoms with Crippen LogP contribution in [0.1, 0.15) is 36.8 Å². The number of carboxylic acid groups (broad SMARTS) is 1. The van der Waals surface area contributed by atoms with Crippen molar-refractivity contribution in [3.8, 4) is 5.75 Å². The van der Waals surface area contributed by atoms with Gasteiger partial charge in [0.2, 0.25) is 23.6 Å². The Bertz CT molecular complexity index is 1300. The number of hydrogen-bond donors (Lipinski definition) is 9.